The zero-order chi connectivity index (χ0) is 20.4. The number of rotatable bonds is 7. The molecule has 0 aliphatic rings. The van der Waals surface area contributed by atoms with Crippen molar-refractivity contribution in [3.05, 3.63) is 47.0 Å². The Morgan fingerprint density at radius 3 is 2.75 bits per heavy atom. The van der Waals surface area contributed by atoms with E-state index in [4.69, 9.17) is 9.26 Å². The van der Waals surface area contributed by atoms with Crippen molar-refractivity contribution in [3.63, 3.8) is 0 Å². The average molecular weight is 388 g/mol. The molecule has 0 radical (unpaired) electrons. The molecule has 0 saturated carbocycles. The molecule has 2 N–H and O–H groups in total. The monoisotopic (exact) mass is 388 g/mol. The highest BCUT2D eigenvalue weighted by Crippen LogP contribution is 2.32. The van der Waals surface area contributed by atoms with Gasteiger partial charge in [-0.2, -0.15) is 5.10 Å². The maximum atomic E-state index is 13.7. The first-order valence-corrected chi connectivity index (χ1v) is 8.64. The Balaban J connectivity index is 1.88. The number of hydrogen-bond acceptors (Lipinski definition) is 6. The lowest BCUT2D eigenvalue weighted by atomic mass is 10.1. The Hall–Kier alpha value is -3.36. The highest BCUT2D eigenvalue weighted by atomic mass is 19.1. The van der Waals surface area contributed by atoms with Crippen LogP contribution in [0.4, 0.5) is 10.2 Å². The number of halogens is 1. The number of anilines is 1. The predicted molar refractivity (Wildman–Crippen MR) is 100 cm³/mol. The van der Waals surface area contributed by atoms with Gasteiger partial charge in [-0.1, -0.05) is 5.16 Å². The summed E-state index contributed by atoms with van der Waals surface area (Å²) in [6, 6.07) is 5.75. The van der Waals surface area contributed by atoms with Crippen molar-refractivity contribution in [2.45, 2.75) is 33.4 Å². The number of nitrogens with zero attached hydrogens (tertiary/aromatic N) is 3. The molecule has 0 spiro atoms. The summed E-state index contributed by atoms with van der Waals surface area (Å²) < 4.78 is 25.7. The minimum atomic E-state index is -1.21. The number of carbonyl (C=O) groups is 1. The summed E-state index contributed by atoms with van der Waals surface area (Å²) in [5.74, 6) is -1.66. The molecule has 2 aromatic heterocycles. The van der Waals surface area contributed by atoms with Gasteiger partial charge < -0.3 is 19.7 Å². The van der Waals surface area contributed by atoms with Crippen LogP contribution < -0.4 is 10.1 Å². The molecule has 3 rings (SSSR count). The standard InChI is InChI=1S/C19H21FN4O4/c1-10-7-12(3)24(22-10)9-11(2)21-18-16(19(25)26)17(28-23-18)13-5-6-14(20)15(8-13)27-4/h5-8,11H,9H2,1-4H3,(H,21,23)(H,25,26). The van der Waals surface area contributed by atoms with Crippen molar-refractivity contribution < 1.29 is 23.6 Å². The van der Waals surface area contributed by atoms with Gasteiger partial charge in [-0.3, -0.25) is 4.68 Å². The minimum absolute atomic E-state index is 0.0161. The van der Waals surface area contributed by atoms with Gasteiger partial charge >= 0.3 is 5.97 Å². The van der Waals surface area contributed by atoms with Crippen LogP contribution in [0, 0.1) is 19.7 Å². The van der Waals surface area contributed by atoms with E-state index in [1.165, 1.54) is 25.3 Å². The second-order valence-corrected chi connectivity index (χ2v) is 6.54. The van der Waals surface area contributed by atoms with Crippen LogP contribution in [-0.4, -0.2) is 39.2 Å². The second-order valence-electron chi connectivity index (χ2n) is 6.54. The largest absolute Gasteiger partial charge is 0.494 e. The Labute approximate surface area is 160 Å². The number of carboxylic acid groups (broad SMARTS) is 1. The van der Waals surface area contributed by atoms with Crippen LogP contribution in [0.1, 0.15) is 28.7 Å². The number of aromatic nitrogens is 3. The van der Waals surface area contributed by atoms with Gasteiger partial charge in [0.15, 0.2) is 28.7 Å². The van der Waals surface area contributed by atoms with Crippen LogP contribution in [0.25, 0.3) is 11.3 Å². The molecule has 2 heterocycles. The quantitative estimate of drug-likeness (QED) is 0.638. The van der Waals surface area contributed by atoms with E-state index in [-0.39, 0.29) is 28.9 Å². The number of aromatic carboxylic acids is 1. The number of benzene rings is 1. The van der Waals surface area contributed by atoms with Crippen molar-refractivity contribution in [2.75, 3.05) is 12.4 Å². The number of methoxy groups -OCH3 is 1. The van der Waals surface area contributed by atoms with Crippen LogP contribution in [-0.2, 0) is 6.54 Å². The zero-order valence-corrected chi connectivity index (χ0v) is 16.0. The van der Waals surface area contributed by atoms with Gasteiger partial charge in [0.1, 0.15) is 0 Å². The SMILES string of the molecule is COc1cc(-c2onc(NC(C)Cn3nc(C)cc3C)c2C(=O)O)ccc1F. The third kappa shape index (κ3) is 3.83. The molecule has 28 heavy (non-hydrogen) atoms. The van der Waals surface area contributed by atoms with Crippen molar-refractivity contribution in [2.24, 2.45) is 0 Å². The average Bonchev–Trinajstić information content (AvgIpc) is 3.18. The van der Waals surface area contributed by atoms with E-state index in [0.29, 0.717) is 12.1 Å². The van der Waals surface area contributed by atoms with Crippen molar-refractivity contribution >= 4 is 11.8 Å². The van der Waals surface area contributed by atoms with Gasteiger partial charge in [-0.15, -0.1) is 0 Å². The minimum Gasteiger partial charge on any atom is -0.494 e. The van der Waals surface area contributed by atoms with Crippen molar-refractivity contribution in [1.29, 1.82) is 0 Å². The molecule has 0 aliphatic heterocycles. The van der Waals surface area contributed by atoms with E-state index < -0.39 is 11.8 Å². The summed E-state index contributed by atoms with van der Waals surface area (Å²) in [6.45, 7) is 6.26. The summed E-state index contributed by atoms with van der Waals surface area (Å²) >= 11 is 0. The van der Waals surface area contributed by atoms with Crippen LogP contribution in [0.2, 0.25) is 0 Å². The second kappa shape index (κ2) is 7.71. The molecular formula is C19H21FN4O4. The number of aryl methyl sites for hydroxylation is 2. The van der Waals surface area contributed by atoms with E-state index in [0.717, 1.165) is 11.4 Å². The van der Waals surface area contributed by atoms with Crippen molar-refractivity contribution in [3.8, 4) is 17.1 Å². The van der Waals surface area contributed by atoms with Crippen molar-refractivity contribution in [1.82, 2.24) is 14.9 Å². The van der Waals surface area contributed by atoms with Gasteiger partial charge in [0.25, 0.3) is 0 Å². The van der Waals surface area contributed by atoms with Crippen LogP contribution in [0.15, 0.2) is 28.8 Å². The van der Waals surface area contributed by atoms with E-state index >= 15 is 0 Å². The lowest BCUT2D eigenvalue weighted by molar-refractivity contribution is 0.0698. The van der Waals surface area contributed by atoms with Crippen LogP contribution in [0.5, 0.6) is 5.75 Å². The van der Waals surface area contributed by atoms with E-state index in [9.17, 15) is 14.3 Å². The number of carboxylic acids is 1. The molecule has 9 heteroatoms. The molecule has 0 fully saturated rings. The summed E-state index contributed by atoms with van der Waals surface area (Å²) in [5, 5.41) is 21.0. The topological polar surface area (TPSA) is 102 Å². The fourth-order valence-electron chi connectivity index (χ4n) is 2.98. The first kappa shape index (κ1) is 19.4. The number of hydrogen-bond donors (Lipinski definition) is 2. The Bertz CT molecular complexity index is 1010. The lowest BCUT2D eigenvalue weighted by Crippen LogP contribution is -2.24. The predicted octanol–water partition coefficient (Wildman–Crippen LogP) is 3.50. The molecule has 148 valence electrons. The lowest BCUT2D eigenvalue weighted by Gasteiger charge is -2.14. The van der Waals surface area contributed by atoms with Gasteiger partial charge in [-0.25, -0.2) is 9.18 Å². The first-order chi connectivity index (χ1) is 13.3. The van der Waals surface area contributed by atoms with Gasteiger partial charge in [0.05, 0.1) is 19.3 Å². The molecule has 0 bridgehead atoms. The van der Waals surface area contributed by atoms with E-state index in [1.807, 2.05) is 31.5 Å². The maximum Gasteiger partial charge on any atom is 0.343 e. The third-order valence-electron chi connectivity index (χ3n) is 4.25. The van der Waals surface area contributed by atoms with Gasteiger partial charge in [0.2, 0.25) is 0 Å². The normalized spacial score (nSPS) is 12.0. The third-order valence-corrected chi connectivity index (χ3v) is 4.25. The smallest absolute Gasteiger partial charge is 0.343 e. The highest BCUT2D eigenvalue weighted by Gasteiger charge is 2.25. The van der Waals surface area contributed by atoms with Crippen LogP contribution >= 0.6 is 0 Å². The summed E-state index contributed by atoms with van der Waals surface area (Å²) in [7, 11) is 1.33. The Kier molecular flexibility index (Phi) is 5.34. The van der Waals surface area contributed by atoms with E-state index in [1.54, 1.807) is 0 Å². The van der Waals surface area contributed by atoms with Gasteiger partial charge in [-0.05, 0) is 45.0 Å². The molecule has 0 amide bonds. The van der Waals surface area contributed by atoms with E-state index in [2.05, 4.69) is 15.6 Å². The highest BCUT2D eigenvalue weighted by molar-refractivity contribution is 5.99. The molecule has 8 nitrogen and oxygen atoms in total. The summed E-state index contributed by atoms with van der Waals surface area (Å²) in [5.41, 5.74) is 2.13. The van der Waals surface area contributed by atoms with Gasteiger partial charge in [0, 0.05) is 17.3 Å². The molecule has 3 aromatic rings. The first-order valence-electron chi connectivity index (χ1n) is 8.64. The maximum absolute atomic E-state index is 13.7. The summed E-state index contributed by atoms with van der Waals surface area (Å²) in [4.78, 5) is 11.8. The number of ether oxygens (including phenoxy) is 1. The molecule has 1 atom stereocenters. The molecule has 1 unspecified atom stereocenters. The fourth-order valence-corrected chi connectivity index (χ4v) is 2.98. The molecule has 0 aliphatic carbocycles. The molecule has 1 aromatic carbocycles. The van der Waals surface area contributed by atoms with Crippen LogP contribution in [0.3, 0.4) is 0 Å². The number of nitrogens with one attached hydrogen (secondary N) is 1. The zero-order valence-electron chi connectivity index (χ0n) is 16.0. The Morgan fingerprint density at radius 2 is 2.14 bits per heavy atom. The Morgan fingerprint density at radius 1 is 1.39 bits per heavy atom. The summed E-state index contributed by atoms with van der Waals surface area (Å²) in [6.07, 6.45) is 0. The molecular weight excluding hydrogens is 367 g/mol. The molecule has 0 saturated heterocycles. The fraction of sp³-hybridized carbons (Fsp3) is 0.316.